The summed E-state index contributed by atoms with van der Waals surface area (Å²) in [7, 11) is 1.84. The number of carbonyl (C=O) groups is 1. The molecule has 3 heterocycles. The van der Waals surface area contributed by atoms with Crippen molar-refractivity contribution in [2.75, 3.05) is 0 Å². The van der Waals surface area contributed by atoms with Gasteiger partial charge < -0.3 is 4.74 Å². The molecule has 0 saturated heterocycles. The number of Topliss-reactive ketones (excluding diaryl/α,β-unsaturated/α-hetero) is 1. The van der Waals surface area contributed by atoms with Gasteiger partial charge in [-0.2, -0.15) is 5.10 Å². The van der Waals surface area contributed by atoms with E-state index in [2.05, 4.69) is 15.1 Å². The van der Waals surface area contributed by atoms with Crippen molar-refractivity contribution in [3.8, 4) is 22.8 Å². The molecule has 0 saturated carbocycles. The summed E-state index contributed by atoms with van der Waals surface area (Å²) in [5.41, 5.74) is 2.23. The summed E-state index contributed by atoms with van der Waals surface area (Å²) in [4.78, 5) is 34.4. The molecule has 8 nitrogen and oxygen atoms in total. The molecule has 0 aliphatic rings. The molecule has 9 heteroatoms. The first-order valence-electron chi connectivity index (χ1n) is 10.4. The topological polar surface area (TPSA) is 91.9 Å². The lowest BCUT2D eigenvalue weighted by Crippen LogP contribution is -2.24. The highest BCUT2D eigenvalue weighted by atomic mass is 35.5. The number of ether oxygens (including phenoxy) is 1. The van der Waals surface area contributed by atoms with Crippen LogP contribution in [0, 0.1) is 0 Å². The number of nitrogens with zero attached hydrogens (tertiary/aromatic N) is 5. The van der Waals surface area contributed by atoms with E-state index in [1.807, 2.05) is 13.2 Å². The maximum Gasteiger partial charge on any atom is 0.261 e. The summed E-state index contributed by atoms with van der Waals surface area (Å²) in [5.74, 6) is 0.818. The summed E-state index contributed by atoms with van der Waals surface area (Å²) in [6.07, 6.45) is 6.61. The number of hydrogen-bond donors (Lipinski definition) is 0. The molecule has 0 spiro atoms. The first-order chi connectivity index (χ1) is 16.5. The smallest absolute Gasteiger partial charge is 0.261 e. The number of pyridine rings is 1. The quantitative estimate of drug-likeness (QED) is 0.338. The van der Waals surface area contributed by atoms with Crippen molar-refractivity contribution >= 4 is 28.3 Å². The van der Waals surface area contributed by atoms with Crippen LogP contribution in [0.1, 0.15) is 10.4 Å². The van der Waals surface area contributed by atoms with Gasteiger partial charge in [-0.1, -0.05) is 11.6 Å². The van der Waals surface area contributed by atoms with Crippen LogP contribution in [0.2, 0.25) is 5.02 Å². The molecule has 0 amide bonds. The highest BCUT2D eigenvalue weighted by Crippen LogP contribution is 2.26. The number of ketones is 1. The van der Waals surface area contributed by atoms with Crippen molar-refractivity contribution in [2.45, 2.75) is 6.54 Å². The molecule has 0 unspecified atom stereocenters. The summed E-state index contributed by atoms with van der Waals surface area (Å²) in [5, 5.41) is 5.05. The molecule has 0 radical (unpaired) electrons. The van der Waals surface area contributed by atoms with Gasteiger partial charge in [0.05, 0.1) is 35.7 Å². The zero-order chi connectivity index (χ0) is 23.7. The molecule has 0 aliphatic heterocycles. The minimum absolute atomic E-state index is 0.132. The van der Waals surface area contributed by atoms with Crippen LogP contribution in [0.3, 0.4) is 0 Å². The van der Waals surface area contributed by atoms with Crippen LogP contribution in [-0.4, -0.2) is 30.1 Å². The van der Waals surface area contributed by atoms with E-state index in [1.165, 1.54) is 10.9 Å². The highest BCUT2D eigenvalue weighted by Gasteiger charge is 2.12. The Balaban J connectivity index is 1.42. The predicted molar refractivity (Wildman–Crippen MR) is 128 cm³/mol. The van der Waals surface area contributed by atoms with Gasteiger partial charge in [0, 0.05) is 41.7 Å². The van der Waals surface area contributed by atoms with Gasteiger partial charge in [-0.25, -0.2) is 4.98 Å². The summed E-state index contributed by atoms with van der Waals surface area (Å²) >= 11 is 5.89. The van der Waals surface area contributed by atoms with E-state index in [-0.39, 0.29) is 17.9 Å². The molecule has 0 N–H and O–H groups in total. The van der Waals surface area contributed by atoms with E-state index in [0.717, 1.165) is 11.3 Å². The van der Waals surface area contributed by atoms with E-state index in [1.54, 1.807) is 71.7 Å². The third kappa shape index (κ3) is 4.44. The Hall–Kier alpha value is -4.30. The third-order valence-electron chi connectivity index (χ3n) is 5.24. The summed E-state index contributed by atoms with van der Waals surface area (Å²) in [6.45, 7) is -0.132. The molecular weight excluding hydrogens is 454 g/mol. The van der Waals surface area contributed by atoms with Gasteiger partial charge in [-0.05, 0) is 48.5 Å². The van der Waals surface area contributed by atoms with Crippen molar-refractivity contribution in [3.05, 3.63) is 100 Å². The maximum atomic E-state index is 13.1. The van der Waals surface area contributed by atoms with Crippen molar-refractivity contribution in [1.82, 2.24) is 24.3 Å². The maximum absolute atomic E-state index is 13.1. The van der Waals surface area contributed by atoms with E-state index < -0.39 is 0 Å². The SMILES string of the molecule is Cn1cc(-c2cc(Oc3ccc4ncn(CC(=O)c5ccc(Cl)cc5)c(=O)c4c3)ccn2)cn1. The first kappa shape index (κ1) is 21.5. The predicted octanol–water partition coefficient (Wildman–Crippen LogP) is 4.52. The van der Waals surface area contributed by atoms with Gasteiger partial charge >= 0.3 is 0 Å². The molecule has 5 rings (SSSR count). The van der Waals surface area contributed by atoms with Crippen LogP contribution in [0.5, 0.6) is 11.5 Å². The molecule has 34 heavy (non-hydrogen) atoms. The Morgan fingerprint density at radius 3 is 2.59 bits per heavy atom. The number of carbonyl (C=O) groups excluding carboxylic acids is 1. The van der Waals surface area contributed by atoms with Gasteiger partial charge in [0.1, 0.15) is 11.5 Å². The average molecular weight is 472 g/mol. The Morgan fingerprint density at radius 2 is 1.82 bits per heavy atom. The Kier molecular flexibility index (Phi) is 5.65. The minimum Gasteiger partial charge on any atom is -0.457 e. The Bertz CT molecular complexity index is 1570. The van der Waals surface area contributed by atoms with Gasteiger partial charge in [0.2, 0.25) is 0 Å². The molecule has 2 aromatic carbocycles. The second kappa shape index (κ2) is 8.92. The first-order valence-corrected chi connectivity index (χ1v) is 10.7. The lowest BCUT2D eigenvalue weighted by atomic mass is 10.1. The van der Waals surface area contributed by atoms with E-state index in [9.17, 15) is 9.59 Å². The van der Waals surface area contributed by atoms with Crippen LogP contribution < -0.4 is 10.3 Å². The lowest BCUT2D eigenvalue weighted by molar-refractivity contribution is 0.0970. The number of rotatable bonds is 6. The standard InChI is InChI=1S/C25H18ClN5O3/c1-30-13-17(12-29-30)23-11-20(8-9-27-23)34-19-6-7-22-21(10-19)25(33)31(15-28-22)14-24(32)16-2-4-18(26)5-3-16/h2-13,15H,14H2,1H3. The second-order valence-corrected chi connectivity index (χ2v) is 8.10. The van der Waals surface area contributed by atoms with E-state index in [4.69, 9.17) is 16.3 Å². The average Bonchev–Trinajstić information content (AvgIpc) is 3.28. The Labute approximate surface area is 199 Å². The summed E-state index contributed by atoms with van der Waals surface area (Å²) < 4.78 is 8.98. The molecule has 5 aromatic rings. The fourth-order valence-electron chi connectivity index (χ4n) is 3.52. The van der Waals surface area contributed by atoms with Crippen LogP contribution >= 0.6 is 11.6 Å². The van der Waals surface area contributed by atoms with Crippen molar-refractivity contribution in [1.29, 1.82) is 0 Å². The molecule has 0 fully saturated rings. The van der Waals surface area contributed by atoms with E-state index >= 15 is 0 Å². The van der Waals surface area contributed by atoms with Gasteiger partial charge in [0.15, 0.2) is 5.78 Å². The number of benzene rings is 2. The Morgan fingerprint density at radius 1 is 1.03 bits per heavy atom. The van der Waals surface area contributed by atoms with Crippen LogP contribution in [0.25, 0.3) is 22.2 Å². The number of aryl methyl sites for hydroxylation is 1. The van der Waals surface area contributed by atoms with Gasteiger partial charge in [-0.15, -0.1) is 0 Å². The van der Waals surface area contributed by atoms with Crippen molar-refractivity contribution < 1.29 is 9.53 Å². The number of aromatic nitrogens is 5. The molecule has 3 aromatic heterocycles. The molecule has 0 aliphatic carbocycles. The van der Waals surface area contributed by atoms with Crippen molar-refractivity contribution in [3.63, 3.8) is 0 Å². The number of halogens is 1. The second-order valence-electron chi connectivity index (χ2n) is 7.67. The molecule has 0 bridgehead atoms. The normalized spacial score (nSPS) is 11.0. The lowest BCUT2D eigenvalue weighted by Gasteiger charge is -2.09. The van der Waals surface area contributed by atoms with Gasteiger partial charge in [-0.3, -0.25) is 23.8 Å². The largest absolute Gasteiger partial charge is 0.457 e. The number of hydrogen-bond acceptors (Lipinski definition) is 6. The number of fused-ring (bicyclic) bond motifs is 1. The fourth-order valence-corrected chi connectivity index (χ4v) is 3.64. The van der Waals surface area contributed by atoms with Crippen LogP contribution in [0.15, 0.2) is 84.3 Å². The summed E-state index contributed by atoms with van der Waals surface area (Å²) in [6, 6.07) is 15.1. The molecular formula is C25H18ClN5O3. The third-order valence-corrected chi connectivity index (χ3v) is 5.50. The minimum atomic E-state index is -0.330. The van der Waals surface area contributed by atoms with E-state index in [0.29, 0.717) is 33.0 Å². The van der Waals surface area contributed by atoms with Gasteiger partial charge in [0.25, 0.3) is 5.56 Å². The zero-order valence-electron chi connectivity index (χ0n) is 18.1. The monoisotopic (exact) mass is 471 g/mol. The molecule has 0 atom stereocenters. The molecule has 168 valence electrons. The van der Waals surface area contributed by atoms with Crippen LogP contribution in [0.4, 0.5) is 0 Å². The fraction of sp³-hybridized carbons (Fsp3) is 0.0800. The highest BCUT2D eigenvalue weighted by molar-refractivity contribution is 6.30. The zero-order valence-corrected chi connectivity index (χ0v) is 18.8. The van der Waals surface area contributed by atoms with Crippen LogP contribution in [-0.2, 0) is 13.6 Å². The van der Waals surface area contributed by atoms with Crippen molar-refractivity contribution in [2.24, 2.45) is 7.05 Å².